The molecule has 4 nitrogen and oxygen atoms in total. The summed E-state index contributed by atoms with van der Waals surface area (Å²) in [5.74, 6) is 0. The molecule has 0 atom stereocenters. The molecule has 6 heterocycles. The lowest BCUT2D eigenvalue weighted by atomic mass is 10.1. The van der Waals surface area contributed by atoms with Crippen LogP contribution in [-0.4, -0.2) is 17.9 Å². The van der Waals surface area contributed by atoms with Crippen LogP contribution in [0.5, 0.6) is 0 Å². The number of hydrogen-bond acceptors (Lipinski definition) is 0. The van der Waals surface area contributed by atoms with E-state index in [4.69, 9.17) is 0 Å². The van der Waals surface area contributed by atoms with Gasteiger partial charge in [0.05, 0.1) is 44.1 Å². The van der Waals surface area contributed by atoms with E-state index in [1.54, 1.807) is 0 Å². The molecule has 0 unspecified atom stereocenters. The summed E-state index contributed by atoms with van der Waals surface area (Å²) >= 11 is 0. The summed E-state index contributed by atoms with van der Waals surface area (Å²) in [6, 6.07) is 58.0. The highest BCUT2D eigenvalue weighted by molar-refractivity contribution is 6.29. The first kappa shape index (κ1) is 30.3. The van der Waals surface area contributed by atoms with Gasteiger partial charge in [0.1, 0.15) is 0 Å². The number of aryl methyl sites for hydroxylation is 2. The van der Waals surface area contributed by atoms with Crippen molar-refractivity contribution in [2.45, 2.75) is 26.9 Å². The zero-order chi connectivity index (χ0) is 36.8. The molecule has 14 rings (SSSR count). The highest BCUT2D eigenvalue weighted by Crippen LogP contribution is 2.44. The Morgan fingerprint density at radius 2 is 0.661 bits per heavy atom. The molecule has 264 valence electrons. The predicted molar refractivity (Wildman–Crippen MR) is 240 cm³/mol. The van der Waals surface area contributed by atoms with E-state index in [0.29, 0.717) is 0 Å². The maximum Gasteiger partial charge on any atom is 0.0785 e. The van der Waals surface area contributed by atoms with Crippen LogP contribution in [0, 0.1) is 0 Å². The Kier molecular flexibility index (Phi) is 5.84. The van der Waals surface area contributed by atoms with Gasteiger partial charge in [-0.1, -0.05) is 121 Å². The van der Waals surface area contributed by atoms with Crippen LogP contribution >= 0.6 is 0 Å². The normalized spacial score (nSPS) is 12.6. The van der Waals surface area contributed by atoms with E-state index in [1.165, 1.54) is 120 Å². The first-order valence-corrected chi connectivity index (χ1v) is 19.9. The van der Waals surface area contributed by atoms with Crippen molar-refractivity contribution in [3.63, 3.8) is 0 Å². The second-order valence-electron chi connectivity index (χ2n) is 15.4. The van der Waals surface area contributed by atoms with E-state index >= 15 is 0 Å². The maximum atomic E-state index is 2.50. The third-order valence-electron chi connectivity index (χ3n) is 12.9. The van der Waals surface area contributed by atoms with Gasteiger partial charge in [-0.15, -0.1) is 0 Å². The largest absolute Gasteiger partial charge is 0.341 e. The van der Waals surface area contributed by atoms with Gasteiger partial charge in [0.15, 0.2) is 0 Å². The van der Waals surface area contributed by atoms with Gasteiger partial charge in [0.25, 0.3) is 0 Å². The number of fused-ring (bicyclic) bond motifs is 19. The van der Waals surface area contributed by atoms with E-state index in [1.807, 2.05) is 0 Å². The first-order valence-electron chi connectivity index (χ1n) is 19.9. The van der Waals surface area contributed by atoms with Crippen LogP contribution in [0.1, 0.15) is 13.8 Å². The lowest BCUT2D eigenvalue weighted by Gasteiger charge is -2.06. The van der Waals surface area contributed by atoms with Crippen LogP contribution in [0.4, 0.5) is 0 Å². The molecular formula is C52H36N4. The summed E-state index contributed by atoms with van der Waals surface area (Å²) in [7, 11) is 0. The fraction of sp³-hybridized carbons (Fsp3) is 0.0769. The van der Waals surface area contributed by atoms with E-state index < -0.39 is 0 Å². The zero-order valence-corrected chi connectivity index (χ0v) is 31.2. The molecule has 8 aromatic carbocycles. The summed E-state index contributed by atoms with van der Waals surface area (Å²) in [6.45, 7) is 6.41. The molecule has 0 bridgehead atoms. The minimum absolute atomic E-state index is 0.957. The number of hydrogen-bond donors (Lipinski definition) is 0. The molecule has 56 heavy (non-hydrogen) atoms. The number of para-hydroxylation sites is 6. The SMILES string of the molecule is CCn1c2ccccc2c2cc3c4cccc5c6ccccc6n(c3cc21)c54.CCn1c2ccccc2c2ccc3c4cccc5c6ccccc6n(c54)c3c21. The molecular weight excluding hydrogens is 681 g/mol. The van der Waals surface area contributed by atoms with Crippen molar-refractivity contribution in [1.29, 1.82) is 0 Å². The van der Waals surface area contributed by atoms with E-state index in [2.05, 4.69) is 190 Å². The van der Waals surface area contributed by atoms with Crippen molar-refractivity contribution >= 4 is 120 Å². The van der Waals surface area contributed by atoms with E-state index in [9.17, 15) is 0 Å². The van der Waals surface area contributed by atoms with Crippen LogP contribution in [0.25, 0.3) is 120 Å². The van der Waals surface area contributed by atoms with Gasteiger partial charge in [0, 0.05) is 88.8 Å². The maximum absolute atomic E-state index is 2.50. The summed E-state index contributed by atoms with van der Waals surface area (Å²) in [5.41, 5.74) is 13.2. The molecule has 6 aromatic heterocycles. The molecule has 0 aliphatic heterocycles. The number of rotatable bonds is 2. The highest BCUT2D eigenvalue weighted by atomic mass is 15.0. The van der Waals surface area contributed by atoms with Gasteiger partial charge in [0.2, 0.25) is 0 Å². The number of nitrogens with zero attached hydrogens (tertiary/aromatic N) is 4. The van der Waals surface area contributed by atoms with Crippen LogP contribution in [0.15, 0.2) is 158 Å². The molecule has 14 aromatic rings. The molecule has 0 saturated heterocycles. The molecule has 0 spiro atoms. The number of benzene rings is 8. The fourth-order valence-electron chi connectivity index (χ4n) is 10.7. The molecule has 0 aliphatic carbocycles. The molecule has 4 heteroatoms. The van der Waals surface area contributed by atoms with Crippen molar-refractivity contribution in [3.8, 4) is 0 Å². The standard InChI is InChI=1S/2C26H18N2/c1-2-27-22-12-5-3-9-17(22)20-14-21-19-11-7-10-18-16-8-4-6-13-23(16)28(26(18)19)25(21)15-24(20)27;1-2-27-22-12-5-3-8-16(22)20-14-15-21-19-11-7-10-18-17-9-4-6-13-23(17)28(24(18)19)26(21)25(20)27/h2*3-15H,2H2,1H3. The monoisotopic (exact) mass is 716 g/mol. The first-order chi connectivity index (χ1) is 27.7. The van der Waals surface area contributed by atoms with Gasteiger partial charge in [-0.25, -0.2) is 0 Å². The molecule has 0 saturated carbocycles. The smallest absolute Gasteiger partial charge is 0.0785 e. The topological polar surface area (TPSA) is 18.7 Å². The minimum Gasteiger partial charge on any atom is -0.341 e. The van der Waals surface area contributed by atoms with Gasteiger partial charge in [-0.2, -0.15) is 0 Å². The lowest BCUT2D eigenvalue weighted by molar-refractivity contribution is 0.827. The minimum atomic E-state index is 0.957. The summed E-state index contributed by atoms with van der Waals surface area (Å²) in [4.78, 5) is 0. The van der Waals surface area contributed by atoms with Gasteiger partial charge in [-0.3, -0.25) is 0 Å². The third-order valence-corrected chi connectivity index (χ3v) is 12.9. The fourth-order valence-corrected chi connectivity index (χ4v) is 10.7. The van der Waals surface area contributed by atoms with Gasteiger partial charge in [-0.05, 0) is 50.2 Å². The molecule has 0 aliphatic rings. The molecule has 0 N–H and O–H groups in total. The van der Waals surface area contributed by atoms with Crippen molar-refractivity contribution in [2.75, 3.05) is 0 Å². The van der Waals surface area contributed by atoms with Crippen molar-refractivity contribution < 1.29 is 0 Å². The second kappa shape index (κ2) is 10.8. The predicted octanol–water partition coefficient (Wildman–Crippen LogP) is 13.9. The molecule has 0 radical (unpaired) electrons. The Labute approximate surface area is 321 Å². The Hall–Kier alpha value is -7.04. The highest BCUT2D eigenvalue weighted by Gasteiger charge is 2.22. The van der Waals surface area contributed by atoms with Crippen molar-refractivity contribution in [1.82, 2.24) is 17.9 Å². The van der Waals surface area contributed by atoms with E-state index in [-0.39, 0.29) is 0 Å². The Balaban J connectivity index is 0.000000118. The average Bonchev–Trinajstić information content (AvgIpc) is 4.08. The zero-order valence-electron chi connectivity index (χ0n) is 31.2. The Bertz CT molecular complexity index is 3900. The van der Waals surface area contributed by atoms with Crippen molar-refractivity contribution in [3.05, 3.63) is 158 Å². The summed E-state index contributed by atoms with van der Waals surface area (Å²) in [5, 5.41) is 16.1. The van der Waals surface area contributed by atoms with E-state index in [0.717, 1.165) is 13.1 Å². The van der Waals surface area contributed by atoms with Gasteiger partial charge >= 0.3 is 0 Å². The summed E-state index contributed by atoms with van der Waals surface area (Å²) in [6.07, 6.45) is 0. The Morgan fingerprint density at radius 1 is 0.268 bits per heavy atom. The molecule has 0 amide bonds. The van der Waals surface area contributed by atoms with Crippen LogP contribution in [0.2, 0.25) is 0 Å². The second-order valence-corrected chi connectivity index (χ2v) is 15.4. The van der Waals surface area contributed by atoms with Crippen LogP contribution < -0.4 is 0 Å². The quantitative estimate of drug-likeness (QED) is 0.170. The third kappa shape index (κ3) is 3.60. The van der Waals surface area contributed by atoms with Crippen molar-refractivity contribution in [2.24, 2.45) is 0 Å². The van der Waals surface area contributed by atoms with Crippen LogP contribution in [-0.2, 0) is 13.1 Å². The van der Waals surface area contributed by atoms with Crippen LogP contribution in [0.3, 0.4) is 0 Å². The Morgan fingerprint density at radius 3 is 1.27 bits per heavy atom. The molecule has 0 fully saturated rings. The average molecular weight is 717 g/mol. The number of aromatic nitrogens is 4. The summed E-state index contributed by atoms with van der Waals surface area (Å²) < 4.78 is 9.89. The lowest BCUT2D eigenvalue weighted by Crippen LogP contribution is -1.94. The van der Waals surface area contributed by atoms with Gasteiger partial charge < -0.3 is 17.9 Å².